The molecule has 2 aromatic carbocycles. The second-order valence-corrected chi connectivity index (χ2v) is 5.87. The first-order chi connectivity index (χ1) is 9.61. The summed E-state index contributed by atoms with van der Waals surface area (Å²) in [4.78, 5) is 0. The Morgan fingerprint density at radius 1 is 0.900 bits per heavy atom. The molecule has 0 aromatic heterocycles. The van der Waals surface area contributed by atoms with E-state index >= 15 is 0 Å². The molecule has 0 saturated carbocycles. The second kappa shape index (κ2) is 7.33. The minimum atomic E-state index is 0.646. The van der Waals surface area contributed by atoms with E-state index in [1.54, 1.807) is 12.1 Å². The minimum Gasteiger partial charge on any atom is -0.313 e. The molecule has 0 saturated heterocycles. The third-order valence-corrected chi connectivity index (χ3v) is 3.89. The van der Waals surface area contributed by atoms with E-state index in [0.29, 0.717) is 15.1 Å². The summed E-state index contributed by atoms with van der Waals surface area (Å²) in [6.07, 6.45) is 1.12. The van der Waals surface area contributed by atoms with Gasteiger partial charge in [0.2, 0.25) is 0 Å². The van der Waals surface area contributed by atoms with Crippen molar-refractivity contribution in [1.29, 1.82) is 0 Å². The van der Waals surface area contributed by atoms with Crippen LogP contribution in [-0.4, -0.2) is 6.54 Å². The molecule has 0 aliphatic rings. The average molecular weight is 329 g/mol. The Bertz CT molecular complexity index is 596. The Hall–Kier alpha value is -0.730. The quantitative estimate of drug-likeness (QED) is 0.683. The third kappa shape index (κ3) is 3.89. The predicted molar refractivity (Wildman–Crippen MR) is 88.9 cm³/mol. The number of benzene rings is 2. The molecule has 0 amide bonds. The fourth-order valence-electron chi connectivity index (χ4n) is 2.00. The lowest BCUT2D eigenvalue weighted by Crippen LogP contribution is -2.13. The zero-order chi connectivity index (χ0) is 14.5. The van der Waals surface area contributed by atoms with Gasteiger partial charge in [-0.05, 0) is 42.8 Å². The monoisotopic (exact) mass is 327 g/mol. The molecule has 0 unspecified atom stereocenters. The van der Waals surface area contributed by atoms with Gasteiger partial charge in [0.1, 0.15) is 0 Å². The number of nitrogens with one attached hydrogen (secondary N) is 1. The summed E-state index contributed by atoms with van der Waals surface area (Å²) in [6.45, 7) is 3.96. The normalized spacial score (nSPS) is 10.8. The number of hydrogen-bond acceptors (Lipinski definition) is 1. The summed E-state index contributed by atoms with van der Waals surface area (Å²) >= 11 is 18.6. The zero-order valence-electron chi connectivity index (χ0n) is 11.2. The summed E-state index contributed by atoms with van der Waals surface area (Å²) in [5.41, 5.74) is 2.92. The summed E-state index contributed by atoms with van der Waals surface area (Å²) in [5, 5.41) is 5.33. The van der Waals surface area contributed by atoms with Gasteiger partial charge in [-0.3, -0.25) is 0 Å². The Labute approximate surface area is 134 Å². The van der Waals surface area contributed by atoms with Crippen molar-refractivity contribution >= 4 is 34.8 Å². The molecule has 0 bridgehead atoms. The molecule has 20 heavy (non-hydrogen) atoms. The molecule has 0 radical (unpaired) electrons. The Kier molecular flexibility index (Phi) is 5.74. The van der Waals surface area contributed by atoms with Crippen LogP contribution in [-0.2, 0) is 6.54 Å². The van der Waals surface area contributed by atoms with Gasteiger partial charge in [-0.15, -0.1) is 0 Å². The molecule has 0 aliphatic carbocycles. The van der Waals surface area contributed by atoms with Crippen molar-refractivity contribution in [2.45, 2.75) is 19.9 Å². The molecule has 0 fully saturated rings. The van der Waals surface area contributed by atoms with Gasteiger partial charge in [0.05, 0.1) is 0 Å². The molecular formula is C16H16Cl3N. The van der Waals surface area contributed by atoms with Crippen molar-refractivity contribution in [3.63, 3.8) is 0 Å². The average Bonchev–Trinajstić information content (AvgIpc) is 2.42. The molecule has 1 nitrogen and oxygen atoms in total. The number of halogens is 3. The maximum Gasteiger partial charge on any atom is 0.0488 e. The fourth-order valence-corrected chi connectivity index (χ4v) is 2.70. The lowest BCUT2D eigenvalue weighted by Gasteiger charge is -2.10. The van der Waals surface area contributed by atoms with Gasteiger partial charge in [-0.25, -0.2) is 0 Å². The van der Waals surface area contributed by atoms with Gasteiger partial charge in [0.15, 0.2) is 0 Å². The van der Waals surface area contributed by atoms with Crippen LogP contribution in [0.5, 0.6) is 0 Å². The van der Waals surface area contributed by atoms with Crippen LogP contribution >= 0.6 is 34.8 Å². The Morgan fingerprint density at radius 2 is 1.70 bits per heavy atom. The summed E-state index contributed by atoms with van der Waals surface area (Å²) in [5.74, 6) is 0. The molecule has 4 heteroatoms. The van der Waals surface area contributed by atoms with Crippen molar-refractivity contribution in [3.8, 4) is 11.1 Å². The van der Waals surface area contributed by atoms with Crippen LogP contribution in [0.3, 0.4) is 0 Å². The summed E-state index contributed by atoms with van der Waals surface area (Å²) in [6, 6.07) is 11.4. The van der Waals surface area contributed by atoms with Crippen molar-refractivity contribution in [2.24, 2.45) is 0 Å². The fraction of sp³-hybridized carbons (Fsp3) is 0.250. The Morgan fingerprint density at radius 3 is 2.40 bits per heavy atom. The molecule has 2 rings (SSSR count). The van der Waals surface area contributed by atoms with Crippen LogP contribution in [0.15, 0.2) is 36.4 Å². The summed E-state index contributed by atoms with van der Waals surface area (Å²) < 4.78 is 0. The van der Waals surface area contributed by atoms with E-state index in [1.165, 1.54) is 0 Å². The maximum absolute atomic E-state index is 6.37. The van der Waals surface area contributed by atoms with Crippen LogP contribution in [0.1, 0.15) is 18.9 Å². The maximum atomic E-state index is 6.37. The van der Waals surface area contributed by atoms with Crippen LogP contribution < -0.4 is 5.32 Å². The highest BCUT2D eigenvalue weighted by Gasteiger charge is 2.09. The molecular weight excluding hydrogens is 313 g/mol. The SMILES string of the molecule is CCCNCc1ccc(-c2cc(Cl)ccc2Cl)c(Cl)c1. The molecule has 0 aliphatic heterocycles. The zero-order valence-corrected chi connectivity index (χ0v) is 13.5. The van der Waals surface area contributed by atoms with E-state index in [2.05, 4.69) is 18.3 Å². The van der Waals surface area contributed by atoms with Crippen molar-refractivity contribution < 1.29 is 0 Å². The van der Waals surface area contributed by atoms with Gasteiger partial charge in [0, 0.05) is 32.7 Å². The van der Waals surface area contributed by atoms with Crippen LogP contribution in [0, 0.1) is 0 Å². The van der Waals surface area contributed by atoms with E-state index in [0.717, 1.165) is 36.2 Å². The van der Waals surface area contributed by atoms with Crippen molar-refractivity contribution in [3.05, 3.63) is 57.0 Å². The minimum absolute atomic E-state index is 0.646. The third-order valence-electron chi connectivity index (χ3n) is 3.01. The van der Waals surface area contributed by atoms with Gasteiger partial charge >= 0.3 is 0 Å². The smallest absolute Gasteiger partial charge is 0.0488 e. The first kappa shape index (κ1) is 15.7. The number of rotatable bonds is 5. The van der Waals surface area contributed by atoms with Crippen LogP contribution in [0.2, 0.25) is 15.1 Å². The lowest BCUT2D eigenvalue weighted by atomic mass is 10.0. The van der Waals surface area contributed by atoms with Gasteiger partial charge in [-0.1, -0.05) is 53.9 Å². The highest BCUT2D eigenvalue weighted by atomic mass is 35.5. The first-order valence-electron chi connectivity index (χ1n) is 6.56. The topological polar surface area (TPSA) is 12.0 Å². The van der Waals surface area contributed by atoms with E-state index in [9.17, 15) is 0 Å². The summed E-state index contributed by atoms with van der Waals surface area (Å²) in [7, 11) is 0. The van der Waals surface area contributed by atoms with E-state index in [-0.39, 0.29) is 0 Å². The highest BCUT2D eigenvalue weighted by Crippen LogP contribution is 2.35. The first-order valence-corrected chi connectivity index (χ1v) is 7.69. The van der Waals surface area contributed by atoms with Gasteiger partial charge in [-0.2, -0.15) is 0 Å². The van der Waals surface area contributed by atoms with E-state index in [4.69, 9.17) is 34.8 Å². The van der Waals surface area contributed by atoms with E-state index < -0.39 is 0 Å². The molecule has 0 spiro atoms. The lowest BCUT2D eigenvalue weighted by molar-refractivity contribution is 0.675. The molecule has 0 heterocycles. The molecule has 106 valence electrons. The highest BCUT2D eigenvalue weighted by molar-refractivity contribution is 6.37. The second-order valence-electron chi connectivity index (χ2n) is 4.62. The van der Waals surface area contributed by atoms with Crippen molar-refractivity contribution in [1.82, 2.24) is 5.32 Å². The van der Waals surface area contributed by atoms with E-state index in [1.807, 2.05) is 18.2 Å². The molecule has 1 N–H and O–H groups in total. The van der Waals surface area contributed by atoms with Crippen molar-refractivity contribution in [2.75, 3.05) is 6.54 Å². The Balaban J connectivity index is 2.27. The number of hydrogen-bond donors (Lipinski definition) is 1. The molecule has 0 atom stereocenters. The molecule has 2 aromatic rings. The van der Waals surface area contributed by atoms with Crippen LogP contribution in [0.25, 0.3) is 11.1 Å². The van der Waals surface area contributed by atoms with Gasteiger partial charge in [0.25, 0.3) is 0 Å². The van der Waals surface area contributed by atoms with Gasteiger partial charge < -0.3 is 5.32 Å². The standard InChI is InChI=1S/C16H16Cl3N/c1-2-7-20-10-11-3-5-13(16(19)8-11)14-9-12(17)4-6-15(14)18/h3-6,8-9,20H,2,7,10H2,1H3. The largest absolute Gasteiger partial charge is 0.313 e. The van der Waals surface area contributed by atoms with Crippen LogP contribution in [0.4, 0.5) is 0 Å². The predicted octanol–water partition coefficient (Wildman–Crippen LogP) is 5.81.